The lowest BCUT2D eigenvalue weighted by atomic mass is 10.2. The van der Waals surface area contributed by atoms with Crippen molar-refractivity contribution in [1.29, 1.82) is 0 Å². The summed E-state index contributed by atoms with van der Waals surface area (Å²) in [6, 6.07) is 1.63. The Kier molecular flexibility index (Phi) is 1.45. The molecular weight excluding hydrogens is 168 g/mol. The van der Waals surface area contributed by atoms with E-state index in [0.29, 0.717) is 22.3 Å². The van der Waals surface area contributed by atoms with Crippen LogP contribution in [-0.2, 0) is 0 Å². The summed E-state index contributed by atoms with van der Waals surface area (Å²) in [6.07, 6.45) is 3.08. The molecule has 1 amide bonds. The van der Waals surface area contributed by atoms with Crippen molar-refractivity contribution < 1.29 is 4.79 Å². The minimum absolute atomic E-state index is 0.376. The fourth-order valence-electron chi connectivity index (χ4n) is 1.28. The molecule has 0 aliphatic rings. The zero-order valence-electron chi connectivity index (χ0n) is 6.74. The summed E-state index contributed by atoms with van der Waals surface area (Å²) in [4.78, 5) is 17.8. The smallest absolute Gasteiger partial charge is 0.251 e. The molecule has 0 saturated carbocycles. The van der Waals surface area contributed by atoms with E-state index in [1.807, 2.05) is 0 Å². The topological polar surface area (TPSA) is 97.8 Å². The van der Waals surface area contributed by atoms with Crippen LogP contribution < -0.4 is 11.5 Å². The highest BCUT2D eigenvalue weighted by Gasteiger charge is 2.11. The predicted molar refractivity (Wildman–Crippen MR) is 49.0 cm³/mol. The molecule has 2 aromatic rings. The van der Waals surface area contributed by atoms with Gasteiger partial charge in [-0.15, -0.1) is 0 Å². The highest BCUT2D eigenvalue weighted by atomic mass is 16.1. The van der Waals surface area contributed by atoms with E-state index in [9.17, 15) is 4.79 Å². The maximum atomic E-state index is 10.9. The Morgan fingerprint density at radius 2 is 2.31 bits per heavy atom. The van der Waals surface area contributed by atoms with E-state index in [1.165, 1.54) is 6.20 Å². The van der Waals surface area contributed by atoms with Gasteiger partial charge in [0, 0.05) is 18.1 Å². The second-order valence-corrected chi connectivity index (χ2v) is 2.69. The zero-order chi connectivity index (χ0) is 9.42. The first-order valence-electron chi connectivity index (χ1n) is 3.71. The Labute approximate surface area is 73.7 Å². The molecule has 0 bridgehead atoms. The summed E-state index contributed by atoms with van der Waals surface area (Å²) in [6.45, 7) is 0. The molecule has 2 rings (SSSR count). The third kappa shape index (κ3) is 1.01. The van der Waals surface area contributed by atoms with Gasteiger partial charge in [0.25, 0.3) is 5.91 Å². The summed E-state index contributed by atoms with van der Waals surface area (Å²) >= 11 is 0. The van der Waals surface area contributed by atoms with Crippen LogP contribution in [0, 0.1) is 0 Å². The molecule has 5 nitrogen and oxygen atoms in total. The highest BCUT2D eigenvalue weighted by Crippen LogP contribution is 2.21. The molecule has 0 aliphatic carbocycles. The van der Waals surface area contributed by atoms with Crippen LogP contribution in [-0.4, -0.2) is 15.9 Å². The Balaban J connectivity index is 2.86. The Hall–Kier alpha value is -2.04. The average Bonchev–Trinajstić information content (AvgIpc) is 2.49. The average molecular weight is 176 g/mol. The van der Waals surface area contributed by atoms with Crippen molar-refractivity contribution in [3.63, 3.8) is 0 Å². The molecule has 2 heterocycles. The first-order valence-corrected chi connectivity index (χ1v) is 3.71. The monoisotopic (exact) mass is 176 g/mol. The molecule has 66 valence electrons. The minimum atomic E-state index is -0.508. The molecule has 0 aromatic carbocycles. The van der Waals surface area contributed by atoms with E-state index < -0.39 is 5.91 Å². The first kappa shape index (κ1) is 7.60. The van der Waals surface area contributed by atoms with Gasteiger partial charge in [-0.05, 0) is 6.07 Å². The molecule has 2 aromatic heterocycles. The van der Waals surface area contributed by atoms with Gasteiger partial charge in [0.05, 0.1) is 10.9 Å². The quantitative estimate of drug-likeness (QED) is 0.580. The van der Waals surface area contributed by atoms with Crippen molar-refractivity contribution in [3.05, 3.63) is 24.0 Å². The van der Waals surface area contributed by atoms with Crippen molar-refractivity contribution in [1.82, 2.24) is 9.97 Å². The number of nitrogens with one attached hydrogen (secondary N) is 1. The normalized spacial score (nSPS) is 10.5. The number of nitrogen functional groups attached to an aromatic ring is 1. The van der Waals surface area contributed by atoms with Gasteiger partial charge in [0.15, 0.2) is 0 Å². The largest absolute Gasteiger partial charge is 0.398 e. The SMILES string of the molecule is NC(=O)c1c[nH]c2nccc(N)c12. The number of primary amides is 1. The van der Waals surface area contributed by atoms with Crippen molar-refractivity contribution in [3.8, 4) is 0 Å². The number of pyridine rings is 1. The molecule has 5 N–H and O–H groups in total. The molecule has 13 heavy (non-hydrogen) atoms. The standard InChI is InChI=1S/C8H8N4O/c9-5-1-2-11-8-6(5)4(3-12-8)7(10)13/h1-3H,(H2,10,13)(H3,9,11,12). The molecular formula is C8H8N4O. The number of carbonyl (C=O) groups is 1. The predicted octanol–water partition coefficient (Wildman–Crippen LogP) is 0.244. The number of hydrogen-bond donors (Lipinski definition) is 3. The highest BCUT2D eigenvalue weighted by molar-refractivity contribution is 6.09. The maximum absolute atomic E-state index is 10.9. The second-order valence-electron chi connectivity index (χ2n) is 2.69. The number of anilines is 1. The number of hydrogen-bond acceptors (Lipinski definition) is 3. The number of H-pyrrole nitrogens is 1. The maximum Gasteiger partial charge on any atom is 0.251 e. The van der Waals surface area contributed by atoms with Gasteiger partial charge in [0.2, 0.25) is 0 Å². The lowest BCUT2D eigenvalue weighted by Gasteiger charge is -1.96. The Morgan fingerprint density at radius 1 is 1.54 bits per heavy atom. The van der Waals surface area contributed by atoms with E-state index in [-0.39, 0.29) is 0 Å². The van der Waals surface area contributed by atoms with Crippen molar-refractivity contribution in [2.75, 3.05) is 5.73 Å². The lowest BCUT2D eigenvalue weighted by Crippen LogP contribution is -2.10. The Morgan fingerprint density at radius 3 is 3.00 bits per heavy atom. The van der Waals surface area contributed by atoms with E-state index in [2.05, 4.69) is 9.97 Å². The molecule has 0 atom stereocenters. The summed E-state index contributed by atoms with van der Waals surface area (Å²) < 4.78 is 0. The van der Waals surface area contributed by atoms with E-state index in [1.54, 1.807) is 12.3 Å². The fourth-order valence-corrected chi connectivity index (χ4v) is 1.28. The van der Waals surface area contributed by atoms with Crippen LogP contribution in [0.4, 0.5) is 5.69 Å². The van der Waals surface area contributed by atoms with E-state index in [0.717, 1.165) is 0 Å². The lowest BCUT2D eigenvalue weighted by molar-refractivity contribution is 0.100. The molecule has 0 radical (unpaired) electrons. The van der Waals surface area contributed by atoms with Crippen LogP contribution in [0.25, 0.3) is 11.0 Å². The summed E-state index contributed by atoms with van der Waals surface area (Å²) in [7, 11) is 0. The van der Waals surface area contributed by atoms with Crippen molar-refractivity contribution in [2.45, 2.75) is 0 Å². The van der Waals surface area contributed by atoms with Crippen LogP contribution in [0.15, 0.2) is 18.5 Å². The number of amides is 1. The van der Waals surface area contributed by atoms with Gasteiger partial charge in [0.1, 0.15) is 5.65 Å². The number of nitrogens with two attached hydrogens (primary N) is 2. The molecule has 0 fully saturated rings. The van der Waals surface area contributed by atoms with Crippen LogP contribution >= 0.6 is 0 Å². The number of aromatic amines is 1. The number of aromatic nitrogens is 2. The van der Waals surface area contributed by atoms with Crippen molar-refractivity contribution in [2.24, 2.45) is 5.73 Å². The number of fused-ring (bicyclic) bond motifs is 1. The van der Waals surface area contributed by atoms with Crippen LogP contribution in [0.5, 0.6) is 0 Å². The van der Waals surface area contributed by atoms with Crippen molar-refractivity contribution >= 4 is 22.6 Å². The summed E-state index contributed by atoms with van der Waals surface area (Å²) in [5, 5.41) is 0.593. The molecule has 0 aliphatic heterocycles. The Bertz CT molecular complexity index is 474. The van der Waals surface area contributed by atoms with Gasteiger partial charge < -0.3 is 16.5 Å². The van der Waals surface area contributed by atoms with E-state index in [4.69, 9.17) is 11.5 Å². The zero-order valence-corrected chi connectivity index (χ0v) is 6.74. The number of carbonyl (C=O) groups excluding carboxylic acids is 1. The molecule has 0 saturated heterocycles. The van der Waals surface area contributed by atoms with Gasteiger partial charge in [-0.25, -0.2) is 4.98 Å². The number of rotatable bonds is 1. The van der Waals surface area contributed by atoms with Gasteiger partial charge in [-0.3, -0.25) is 4.79 Å². The van der Waals surface area contributed by atoms with Gasteiger partial charge in [-0.1, -0.05) is 0 Å². The fraction of sp³-hybridized carbons (Fsp3) is 0. The molecule has 0 spiro atoms. The van der Waals surface area contributed by atoms with Crippen LogP contribution in [0.1, 0.15) is 10.4 Å². The van der Waals surface area contributed by atoms with Gasteiger partial charge in [-0.2, -0.15) is 0 Å². The van der Waals surface area contributed by atoms with Crippen LogP contribution in [0.3, 0.4) is 0 Å². The summed E-state index contributed by atoms with van der Waals surface area (Å²) in [5.74, 6) is -0.508. The summed E-state index contributed by atoms with van der Waals surface area (Å²) in [5.41, 5.74) is 12.3. The van der Waals surface area contributed by atoms with E-state index >= 15 is 0 Å². The molecule has 0 unspecified atom stereocenters. The third-order valence-corrected chi connectivity index (χ3v) is 1.87. The second kappa shape index (κ2) is 2.48. The van der Waals surface area contributed by atoms with Gasteiger partial charge >= 0.3 is 0 Å². The first-order chi connectivity index (χ1) is 6.20. The third-order valence-electron chi connectivity index (χ3n) is 1.87. The number of nitrogens with zero attached hydrogens (tertiary/aromatic N) is 1. The minimum Gasteiger partial charge on any atom is -0.398 e. The van der Waals surface area contributed by atoms with Crippen LogP contribution in [0.2, 0.25) is 0 Å². The molecule has 5 heteroatoms.